The summed E-state index contributed by atoms with van der Waals surface area (Å²) in [6.45, 7) is 0.947. The first-order valence-corrected chi connectivity index (χ1v) is 10.1. The van der Waals surface area contributed by atoms with Crippen LogP contribution in [0.15, 0.2) is 57.9 Å². The van der Waals surface area contributed by atoms with Crippen molar-refractivity contribution >= 4 is 37.4 Å². The molecule has 0 fully saturated rings. The zero-order chi connectivity index (χ0) is 17.7. The van der Waals surface area contributed by atoms with Crippen molar-refractivity contribution in [1.82, 2.24) is 0 Å². The normalized spacial score (nSPS) is 12.6. The summed E-state index contributed by atoms with van der Waals surface area (Å²) >= 11 is 3.39. The number of anilines is 1. The molecule has 0 aliphatic carbocycles. The highest BCUT2D eigenvalue weighted by Crippen LogP contribution is 2.20. The molecule has 0 heterocycles. The van der Waals surface area contributed by atoms with Gasteiger partial charge in [-0.15, -0.1) is 0 Å². The maximum atomic E-state index is 12.2. The van der Waals surface area contributed by atoms with Gasteiger partial charge in [-0.1, -0.05) is 40.2 Å². The van der Waals surface area contributed by atoms with Gasteiger partial charge < -0.3 is 10.2 Å². The molecule has 0 spiro atoms. The summed E-state index contributed by atoms with van der Waals surface area (Å²) in [6.07, 6.45) is 1.13. The first kappa shape index (κ1) is 18.6. The average Bonchev–Trinajstić information content (AvgIpc) is 2.49. The number of carbonyl (C=O) groups is 1. The van der Waals surface area contributed by atoms with Gasteiger partial charge in [0.05, 0.1) is 17.6 Å². The van der Waals surface area contributed by atoms with E-state index < -0.39 is 9.84 Å². The summed E-state index contributed by atoms with van der Waals surface area (Å²) in [5.41, 5.74) is 1.45. The molecule has 2 aromatic rings. The molecule has 2 aromatic carbocycles. The summed E-state index contributed by atoms with van der Waals surface area (Å²) < 4.78 is 24.5. The largest absolute Gasteiger partial charge is 0.326 e. The van der Waals surface area contributed by atoms with Gasteiger partial charge in [-0.3, -0.25) is 4.79 Å². The second-order valence-electron chi connectivity index (χ2n) is 5.75. The Bertz CT molecular complexity index is 820. The lowest BCUT2D eigenvalue weighted by atomic mass is 10.2. The number of hydrogen-bond acceptors (Lipinski definition) is 3. The third-order valence-electron chi connectivity index (χ3n) is 3.44. The molecule has 2 rings (SSSR count). The van der Waals surface area contributed by atoms with Gasteiger partial charge in [0, 0.05) is 16.3 Å². The maximum Gasteiger partial charge on any atom is 0.279 e. The standard InChI is InChI=1S/C17H19BrN2O3S/c1-20(11-13-7-9-14(18)10-8-13)12-17(21)19-15-5-3-4-6-16(15)24(2,22)23/h3-10H,11-12H2,1-2H3,(H,19,21)/p+1. The van der Waals surface area contributed by atoms with E-state index >= 15 is 0 Å². The summed E-state index contributed by atoms with van der Waals surface area (Å²) in [5.74, 6) is -0.222. The lowest BCUT2D eigenvalue weighted by Gasteiger charge is -2.15. The van der Waals surface area contributed by atoms with Crippen molar-refractivity contribution in [2.75, 3.05) is 25.2 Å². The maximum absolute atomic E-state index is 12.2. The molecule has 1 unspecified atom stereocenters. The predicted octanol–water partition coefficient (Wildman–Crippen LogP) is 1.51. The Balaban J connectivity index is 2.00. The number of sulfone groups is 1. The van der Waals surface area contributed by atoms with Crippen molar-refractivity contribution in [3.63, 3.8) is 0 Å². The van der Waals surface area contributed by atoms with Gasteiger partial charge in [0.15, 0.2) is 16.4 Å². The Hall–Kier alpha value is -1.70. The van der Waals surface area contributed by atoms with Crippen LogP contribution >= 0.6 is 15.9 Å². The number of benzene rings is 2. The molecule has 5 nitrogen and oxygen atoms in total. The second-order valence-corrected chi connectivity index (χ2v) is 8.65. The van der Waals surface area contributed by atoms with E-state index in [-0.39, 0.29) is 17.3 Å². The van der Waals surface area contributed by atoms with Crippen molar-refractivity contribution in [1.29, 1.82) is 0 Å². The molecule has 2 N–H and O–H groups in total. The highest BCUT2D eigenvalue weighted by atomic mass is 79.9. The van der Waals surface area contributed by atoms with Crippen LogP contribution in [-0.2, 0) is 21.2 Å². The molecule has 1 amide bonds. The Morgan fingerprint density at radius 1 is 1.12 bits per heavy atom. The van der Waals surface area contributed by atoms with Crippen molar-refractivity contribution in [2.24, 2.45) is 0 Å². The summed E-state index contributed by atoms with van der Waals surface area (Å²) in [5, 5.41) is 2.70. The third-order valence-corrected chi connectivity index (χ3v) is 5.13. The third kappa shape index (κ3) is 5.43. The van der Waals surface area contributed by atoms with Crippen LogP contribution in [0.5, 0.6) is 0 Å². The topological polar surface area (TPSA) is 67.7 Å². The lowest BCUT2D eigenvalue weighted by molar-refractivity contribution is -0.885. The van der Waals surface area contributed by atoms with Gasteiger partial charge in [0.2, 0.25) is 0 Å². The summed E-state index contributed by atoms with van der Waals surface area (Å²) in [4.78, 5) is 13.3. The van der Waals surface area contributed by atoms with E-state index in [0.29, 0.717) is 12.2 Å². The van der Waals surface area contributed by atoms with Crippen LogP contribution in [-0.4, -0.2) is 34.2 Å². The van der Waals surface area contributed by atoms with E-state index in [2.05, 4.69) is 21.2 Å². The quantitative estimate of drug-likeness (QED) is 0.756. The predicted molar refractivity (Wildman–Crippen MR) is 97.8 cm³/mol. The fraction of sp³-hybridized carbons (Fsp3) is 0.235. The molecular weight excluding hydrogens is 392 g/mol. The van der Waals surface area contributed by atoms with Crippen LogP contribution in [0, 0.1) is 0 Å². The highest BCUT2D eigenvalue weighted by Gasteiger charge is 2.16. The molecular formula is C17H20BrN2O3S+. The van der Waals surface area contributed by atoms with Crippen LogP contribution in [0.3, 0.4) is 0 Å². The molecule has 7 heteroatoms. The molecule has 0 aliphatic rings. The van der Waals surface area contributed by atoms with Crippen molar-refractivity contribution in [3.05, 3.63) is 58.6 Å². The Labute approximate surface area is 150 Å². The van der Waals surface area contributed by atoms with Crippen LogP contribution in [0.1, 0.15) is 5.56 Å². The van der Waals surface area contributed by atoms with Crippen LogP contribution in [0.25, 0.3) is 0 Å². The minimum Gasteiger partial charge on any atom is -0.326 e. The zero-order valence-electron chi connectivity index (χ0n) is 13.5. The van der Waals surface area contributed by atoms with Gasteiger partial charge in [0.1, 0.15) is 6.54 Å². The fourth-order valence-electron chi connectivity index (χ4n) is 2.37. The number of carbonyl (C=O) groups excluding carboxylic acids is 1. The first-order valence-electron chi connectivity index (χ1n) is 7.40. The molecule has 0 saturated heterocycles. The smallest absolute Gasteiger partial charge is 0.279 e. The van der Waals surface area contributed by atoms with E-state index in [1.165, 1.54) is 6.07 Å². The average molecular weight is 412 g/mol. The van der Waals surface area contributed by atoms with Crippen LogP contribution in [0.4, 0.5) is 5.69 Å². The Kier molecular flexibility index (Phi) is 6.15. The number of quaternary nitrogens is 1. The van der Waals surface area contributed by atoms with Crippen molar-refractivity contribution < 1.29 is 18.1 Å². The van der Waals surface area contributed by atoms with E-state index in [0.717, 1.165) is 21.2 Å². The SMILES string of the molecule is C[NH+](CC(=O)Nc1ccccc1S(C)(=O)=O)Cc1ccc(Br)cc1. The minimum absolute atomic E-state index is 0.129. The molecule has 0 radical (unpaired) electrons. The molecule has 128 valence electrons. The summed E-state index contributed by atoms with van der Waals surface area (Å²) in [7, 11) is -1.47. The van der Waals surface area contributed by atoms with Crippen LogP contribution in [0.2, 0.25) is 0 Å². The number of rotatable bonds is 6. The second kappa shape index (κ2) is 7.92. The number of halogens is 1. The molecule has 0 aromatic heterocycles. The lowest BCUT2D eigenvalue weighted by Crippen LogP contribution is -3.08. The zero-order valence-corrected chi connectivity index (χ0v) is 15.9. The molecule has 0 saturated carbocycles. The Morgan fingerprint density at radius 2 is 1.75 bits per heavy atom. The molecule has 0 aliphatic heterocycles. The van der Waals surface area contributed by atoms with Crippen LogP contribution < -0.4 is 10.2 Å². The van der Waals surface area contributed by atoms with Crippen molar-refractivity contribution in [2.45, 2.75) is 11.4 Å². The number of amides is 1. The van der Waals surface area contributed by atoms with Gasteiger partial charge in [-0.05, 0) is 24.3 Å². The van der Waals surface area contributed by atoms with Gasteiger partial charge in [-0.2, -0.15) is 0 Å². The fourth-order valence-corrected chi connectivity index (χ4v) is 3.48. The number of hydrogen-bond donors (Lipinski definition) is 2. The number of para-hydroxylation sites is 1. The Morgan fingerprint density at radius 3 is 2.38 bits per heavy atom. The summed E-state index contributed by atoms with van der Waals surface area (Å²) in [6, 6.07) is 14.4. The van der Waals surface area contributed by atoms with Gasteiger partial charge in [-0.25, -0.2) is 8.42 Å². The van der Waals surface area contributed by atoms with E-state index in [9.17, 15) is 13.2 Å². The van der Waals surface area contributed by atoms with Crippen molar-refractivity contribution in [3.8, 4) is 0 Å². The highest BCUT2D eigenvalue weighted by molar-refractivity contribution is 9.10. The van der Waals surface area contributed by atoms with E-state index in [4.69, 9.17) is 0 Å². The van der Waals surface area contributed by atoms with Gasteiger partial charge in [0.25, 0.3) is 5.91 Å². The molecule has 1 atom stereocenters. The number of nitrogens with one attached hydrogen (secondary N) is 2. The monoisotopic (exact) mass is 411 g/mol. The molecule has 0 bridgehead atoms. The van der Waals surface area contributed by atoms with E-state index in [1.807, 2.05) is 31.3 Å². The van der Waals surface area contributed by atoms with Gasteiger partial charge >= 0.3 is 0 Å². The minimum atomic E-state index is -3.39. The molecule has 24 heavy (non-hydrogen) atoms. The first-order chi connectivity index (χ1) is 11.3. The van der Waals surface area contributed by atoms with E-state index in [1.54, 1.807) is 18.2 Å². The number of likely N-dealkylation sites (N-methyl/N-ethyl adjacent to an activating group) is 1.